The maximum atomic E-state index is 12.4. The lowest BCUT2D eigenvalue weighted by Crippen LogP contribution is -2.37. The normalized spacial score (nSPS) is 11.1. The summed E-state index contributed by atoms with van der Waals surface area (Å²) in [7, 11) is 2.91. The first-order valence-corrected chi connectivity index (χ1v) is 10.2. The van der Waals surface area contributed by atoms with E-state index in [2.05, 4.69) is 11.9 Å². The number of ketones is 1. The van der Waals surface area contributed by atoms with E-state index in [0.717, 1.165) is 23.8 Å². The monoisotopic (exact) mass is 426 g/mol. The molecule has 3 rings (SSSR count). The summed E-state index contributed by atoms with van der Waals surface area (Å²) < 4.78 is 8.88. The molecular formula is C22H26N4O5. The Kier molecular flexibility index (Phi) is 6.84. The van der Waals surface area contributed by atoms with Crippen LogP contribution in [0.1, 0.15) is 42.1 Å². The van der Waals surface area contributed by atoms with Crippen LogP contribution in [-0.4, -0.2) is 37.0 Å². The van der Waals surface area contributed by atoms with Gasteiger partial charge in [-0.1, -0.05) is 37.6 Å². The first kappa shape index (κ1) is 22.2. The fraction of sp³-hybridized carbons (Fsp3) is 0.409. The predicted molar refractivity (Wildman–Crippen MR) is 115 cm³/mol. The lowest BCUT2D eigenvalue weighted by molar-refractivity contribution is -0.142. The van der Waals surface area contributed by atoms with Gasteiger partial charge in [-0.05, 0) is 18.4 Å². The molecule has 0 spiro atoms. The maximum Gasteiger partial charge on any atom is 0.332 e. The van der Waals surface area contributed by atoms with Gasteiger partial charge in [-0.25, -0.2) is 9.78 Å². The van der Waals surface area contributed by atoms with E-state index in [1.165, 1.54) is 35.1 Å². The van der Waals surface area contributed by atoms with Crippen molar-refractivity contribution < 1.29 is 14.3 Å². The van der Waals surface area contributed by atoms with Crippen LogP contribution in [0.15, 0.2) is 40.2 Å². The van der Waals surface area contributed by atoms with E-state index in [9.17, 15) is 19.2 Å². The van der Waals surface area contributed by atoms with Gasteiger partial charge in [-0.15, -0.1) is 0 Å². The van der Waals surface area contributed by atoms with E-state index in [0.29, 0.717) is 5.56 Å². The van der Waals surface area contributed by atoms with Crippen LogP contribution < -0.4 is 11.2 Å². The van der Waals surface area contributed by atoms with Crippen molar-refractivity contribution in [3.05, 3.63) is 62.6 Å². The molecule has 0 unspecified atom stereocenters. The first-order valence-electron chi connectivity index (χ1n) is 10.2. The van der Waals surface area contributed by atoms with Crippen LogP contribution in [0.2, 0.25) is 0 Å². The number of esters is 1. The minimum absolute atomic E-state index is 0.0410. The van der Waals surface area contributed by atoms with Crippen molar-refractivity contribution in [3.8, 4) is 0 Å². The highest BCUT2D eigenvalue weighted by Crippen LogP contribution is 2.10. The summed E-state index contributed by atoms with van der Waals surface area (Å²) in [5.41, 5.74) is 1.20. The van der Waals surface area contributed by atoms with E-state index in [1.807, 2.05) is 12.1 Å². The number of fused-ring (bicyclic) bond motifs is 1. The molecule has 0 aliphatic carbocycles. The molecule has 9 nitrogen and oxygen atoms in total. The largest absolute Gasteiger partial charge is 0.457 e. The number of carbonyl (C=O) groups is 2. The molecule has 0 aliphatic rings. The standard InChI is InChI=1S/C22H26N4O5/c1-4-5-6-15-7-9-16(10-8-15)17(27)13-31-18(28)11-12-26-14-23-20-19(26)21(29)25(3)22(30)24(20)2/h7-10,14H,4-6,11-13H2,1-3H3. The molecule has 0 fully saturated rings. The lowest BCUT2D eigenvalue weighted by atomic mass is 10.0. The van der Waals surface area contributed by atoms with Gasteiger partial charge >= 0.3 is 11.7 Å². The first-order chi connectivity index (χ1) is 14.8. The van der Waals surface area contributed by atoms with Crippen molar-refractivity contribution in [2.75, 3.05) is 6.61 Å². The summed E-state index contributed by atoms with van der Waals surface area (Å²) in [4.78, 5) is 52.9. The molecule has 0 amide bonds. The lowest BCUT2D eigenvalue weighted by Gasteiger charge is -2.07. The number of Topliss-reactive ketones (excluding diaryl/α,β-unsaturated/α-hetero) is 1. The van der Waals surface area contributed by atoms with Crippen molar-refractivity contribution in [2.24, 2.45) is 14.1 Å². The van der Waals surface area contributed by atoms with Gasteiger partial charge in [0, 0.05) is 26.2 Å². The third-order valence-electron chi connectivity index (χ3n) is 5.23. The predicted octanol–water partition coefficient (Wildman–Crippen LogP) is 1.59. The number of aryl methyl sites for hydroxylation is 3. The van der Waals surface area contributed by atoms with Crippen molar-refractivity contribution in [1.29, 1.82) is 0 Å². The van der Waals surface area contributed by atoms with Crippen LogP contribution in [0.25, 0.3) is 11.2 Å². The highest BCUT2D eigenvalue weighted by atomic mass is 16.5. The molecule has 0 saturated heterocycles. The van der Waals surface area contributed by atoms with Crippen LogP contribution in [0.4, 0.5) is 0 Å². The average molecular weight is 426 g/mol. The fourth-order valence-corrected chi connectivity index (χ4v) is 3.32. The molecule has 164 valence electrons. The Morgan fingerprint density at radius 1 is 1.06 bits per heavy atom. The molecule has 31 heavy (non-hydrogen) atoms. The third-order valence-corrected chi connectivity index (χ3v) is 5.23. The molecule has 0 N–H and O–H groups in total. The zero-order valence-electron chi connectivity index (χ0n) is 18.0. The summed E-state index contributed by atoms with van der Waals surface area (Å²) in [6.07, 6.45) is 4.54. The number of benzene rings is 1. The van der Waals surface area contributed by atoms with Gasteiger partial charge in [0.2, 0.25) is 0 Å². The van der Waals surface area contributed by atoms with Gasteiger partial charge < -0.3 is 9.30 Å². The molecule has 0 atom stereocenters. The minimum atomic E-state index is -0.559. The maximum absolute atomic E-state index is 12.4. The SMILES string of the molecule is CCCCc1ccc(C(=O)COC(=O)CCn2cnc3c2c(=O)n(C)c(=O)n3C)cc1. The number of imidazole rings is 1. The van der Waals surface area contributed by atoms with Crippen LogP contribution in [0.5, 0.6) is 0 Å². The van der Waals surface area contributed by atoms with E-state index in [4.69, 9.17) is 4.74 Å². The number of ether oxygens (including phenoxy) is 1. The molecule has 1 aromatic carbocycles. The number of rotatable bonds is 9. The van der Waals surface area contributed by atoms with Gasteiger partial charge in [0.1, 0.15) is 0 Å². The van der Waals surface area contributed by atoms with Crippen molar-refractivity contribution in [2.45, 2.75) is 39.2 Å². The van der Waals surface area contributed by atoms with E-state index in [1.54, 1.807) is 12.1 Å². The fourth-order valence-electron chi connectivity index (χ4n) is 3.32. The third kappa shape index (κ3) is 4.82. The van der Waals surface area contributed by atoms with E-state index >= 15 is 0 Å². The molecule has 2 aromatic heterocycles. The van der Waals surface area contributed by atoms with Crippen molar-refractivity contribution in [3.63, 3.8) is 0 Å². The molecule has 0 aliphatic heterocycles. The molecule has 0 radical (unpaired) electrons. The minimum Gasteiger partial charge on any atom is -0.457 e. The quantitative estimate of drug-likeness (QED) is 0.380. The van der Waals surface area contributed by atoms with Crippen LogP contribution in [0, 0.1) is 0 Å². The second-order valence-electron chi connectivity index (χ2n) is 7.45. The molecule has 9 heteroatoms. The van der Waals surface area contributed by atoms with Gasteiger partial charge in [0.15, 0.2) is 23.6 Å². The van der Waals surface area contributed by atoms with Gasteiger partial charge in [-0.2, -0.15) is 0 Å². The van der Waals surface area contributed by atoms with Crippen LogP contribution in [0.3, 0.4) is 0 Å². The summed E-state index contributed by atoms with van der Waals surface area (Å²) in [6.45, 7) is 1.93. The summed E-state index contributed by atoms with van der Waals surface area (Å²) >= 11 is 0. The summed E-state index contributed by atoms with van der Waals surface area (Å²) in [6, 6.07) is 7.34. The summed E-state index contributed by atoms with van der Waals surface area (Å²) in [5.74, 6) is -0.830. The number of hydrogen-bond donors (Lipinski definition) is 0. The molecule has 0 saturated carbocycles. The second-order valence-corrected chi connectivity index (χ2v) is 7.45. The number of hydrogen-bond acceptors (Lipinski definition) is 6. The van der Waals surface area contributed by atoms with Crippen molar-refractivity contribution in [1.82, 2.24) is 18.7 Å². The Morgan fingerprint density at radius 2 is 1.77 bits per heavy atom. The number of aromatic nitrogens is 4. The van der Waals surface area contributed by atoms with Crippen LogP contribution >= 0.6 is 0 Å². The second kappa shape index (κ2) is 9.55. The zero-order valence-corrected chi connectivity index (χ0v) is 18.0. The highest BCUT2D eigenvalue weighted by molar-refractivity contribution is 5.97. The zero-order chi connectivity index (χ0) is 22.5. The van der Waals surface area contributed by atoms with Crippen molar-refractivity contribution >= 4 is 22.9 Å². The number of nitrogens with zero attached hydrogens (tertiary/aromatic N) is 4. The Bertz CT molecular complexity index is 1220. The number of carbonyl (C=O) groups excluding carboxylic acids is 2. The molecule has 0 bridgehead atoms. The van der Waals surface area contributed by atoms with E-state index in [-0.39, 0.29) is 36.5 Å². The Hall–Kier alpha value is -3.49. The smallest absolute Gasteiger partial charge is 0.332 e. The topological polar surface area (TPSA) is 105 Å². The average Bonchev–Trinajstić information content (AvgIpc) is 3.21. The molecular weight excluding hydrogens is 400 g/mol. The Balaban J connectivity index is 1.58. The van der Waals surface area contributed by atoms with E-state index < -0.39 is 17.2 Å². The van der Waals surface area contributed by atoms with Gasteiger partial charge in [0.05, 0.1) is 12.7 Å². The highest BCUT2D eigenvalue weighted by Gasteiger charge is 2.16. The van der Waals surface area contributed by atoms with Crippen LogP contribution in [-0.2, 0) is 36.6 Å². The Labute approximate surface area is 178 Å². The van der Waals surface area contributed by atoms with Gasteiger partial charge in [0.25, 0.3) is 5.56 Å². The molecule has 3 aromatic rings. The van der Waals surface area contributed by atoms with Gasteiger partial charge in [-0.3, -0.25) is 23.5 Å². The number of unbranched alkanes of at least 4 members (excludes halogenated alkanes) is 1. The molecule has 2 heterocycles. The summed E-state index contributed by atoms with van der Waals surface area (Å²) in [5, 5.41) is 0. The Morgan fingerprint density at radius 3 is 2.45 bits per heavy atom.